The molecule has 1 aromatic rings. The van der Waals surface area contributed by atoms with Gasteiger partial charge < -0.3 is 35.6 Å². The third-order valence-electron chi connectivity index (χ3n) is 2.92. The summed E-state index contributed by atoms with van der Waals surface area (Å²) in [5, 5.41) is 37.8. The molecule has 20 heavy (non-hydrogen) atoms. The zero-order chi connectivity index (χ0) is 14.9. The lowest BCUT2D eigenvalue weighted by Gasteiger charge is -2.38. The van der Waals surface area contributed by atoms with E-state index in [0.29, 0.717) is 5.69 Å². The van der Waals surface area contributed by atoms with Crippen molar-refractivity contribution in [1.29, 1.82) is 0 Å². The number of ether oxygens (including phenoxy) is 2. The molecule has 8 heteroatoms. The number of carboxylic acids is 1. The fourth-order valence-electron chi connectivity index (χ4n) is 1.87. The van der Waals surface area contributed by atoms with Gasteiger partial charge in [0.25, 0.3) is 0 Å². The Morgan fingerprint density at radius 2 is 1.90 bits per heavy atom. The minimum absolute atomic E-state index is 0.238. The highest BCUT2D eigenvalue weighted by atomic mass is 16.7. The molecule has 0 spiro atoms. The van der Waals surface area contributed by atoms with Gasteiger partial charge in [-0.25, -0.2) is 4.79 Å². The van der Waals surface area contributed by atoms with Crippen molar-refractivity contribution in [3.05, 3.63) is 24.3 Å². The smallest absolute Gasteiger partial charge is 0.335 e. The molecular formula is C12H15NO7. The molecule has 0 bridgehead atoms. The number of rotatable bonds is 3. The zero-order valence-corrected chi connectivity index (χ0v) is 10.3. The number of carboxylic acid groups (broad SMARTS) is 1. The van der Waals surface area contributed by atoms with Crippen LogP contribution in [0.5, 0.6) is 5.75 Å². The molecule has 0 aromatic heterocycles. The average molecular weight is 285 g/mol. The Morgan fingerprint density at radius 1 is 1.20 bits per heavy atom. The molecule has 8 nitrogen and oxygen atoms in total. The van der Waals surface area contributed by atoms with E-state index in [9.17, 15) is 20.1 Å². The Kier molecular flexibility index (Phi) is 4.09. The molecule has 1 aliphatic heterocycles. The summed E-state index contributed by atoms with van der Waals surface area (Å²) in [6.07, 6.45) is -8.17. The molecule has 6 N–H and O–H groups in total. The monoisotopic (exact) mass is 285 g/mol. The first-order valence-corrected chi connectivity index (χ1v) is 5.85. The second-order valence-electron chi connectivity index (χ2n) is 4.43. The number of anilines is 1. The van der Waals surface area contributed by atoms with Crippen LogP contribution in [-0.2, 0) is 9.53 Å². The van der Waals surface area contributed by atoms with Crippen LogP contribution >= 0.6 is 0 Å². The van der Waals surface area contributed by atoms with Crippen LogP contribution in [0.25, 0.3) is 0 Å². The van der Waals surface area contributed by atoms with Gasteiger partial charge in [-0.3, -0.25) is 0 Å². The zero-order valence-electron chi connectivity index (χ0n) is 10.3. The molecule has 0 saturated carbocycles. The number of carbonyl (C=O) groups is 1. The summed E-state index contributed by atoms with van der Waals surface area (Å²) in [7, 11) is 0. The lowest BCUT2D eigenvalue weighted by molar-refractivity contribution is -0.271. The molecule has 1 aromatic carbocycles. The topological polar surface area (TPSA) is 142 Å². The van der Waals surface area contributed by atoms with Crippen LogP contribution in [0.3, 0.4) is 0 Å². The maximum Gasteiger partial charge on any atom is 0.335 e. The van der Waals surface area contributed by atoms with Crippen molar-refractivity contribution < 1.29 is 34.7 Å². The molecule has 110 valence electrons. The summed E-state index contributed by atoms with van der Waals surface area (Å²) in [6.45, 7) is 0. The Labute approximate surface area is 114 Å². The fraction of sp³-hybridized carbons (Fsp3) is 0.417. The molecular weight excluding hydrogens is 270 g/mol. The van der Waals surface area contributed by atoms with E-state index in [1.165, 1.54) is 12.1 Å². The van der Waals surface area contributed by atoms with Crippen molar-refractivity contribution in [1.82, 2.24) is 0 Å². The van der Waals surface area contributed by atoms with Crippen molar-refractivity contribution >= 4 is 11.7 Å². The molecule has 0 radical (unpaired) electrons. The highest BCUT2D eigenvalue weighted by Crippen LogP contribution is 2.25. The minimum atomic E-state index is -1.75. The first-order chi connectivity index (χ1) is 9.40. The summed E-state index contributed by atoms with van der Waals surface area (Å²) in [6, 6.07) is 6.19. The maximum atomic E-state index is 10.9. The van der Waals surface area contributed by atoms with E-state index in [4.69, 9.17) is 20.3 Å². The number of aliphatic hydroxyl groups excluding tert-OH is 3. The van der Waals surface area contributed by atoms with Crippen LogP contribution in [0, 0.1) is 0 Å². The van der Waals surface area contributed by atoms with Gasteiger partial charge in [-0.15, -0.1) is 0 Å². The summed E-state index contributed by atoms with van der Waals surface area (Å²) >= 11 is 0. The third-order valence-corrected chi connectivity index (χ3v) is 2.92. The van der Waals surface area contributed by atoms with Gasteiger partial charge in [-0.2, -0.15) is 0 Å². The van der Waals surface area contributed by atoms with Crippen molar-refractivity contribution in [3.63, 3.8) is 0 Å². The van der Waals surface area contributed by atoms with E-state index in [-0.39, 0.29) is 5.75 Å². The predicted octanol–water partition coefficient (Wildman–Crippen LogP) is -1.46. The molecule has 1 aliphatic rings. The average Bonchev–Trinajstić information content (AvgIpc) is 2.39. The number of benzene rings is 1. The van der Waals surface area contributed by atoms with Crippen LogP contribution in [0.4, 0.5) is 5.69 Å². The van der Waals surface area contributed by atoms with E-state index < -0.39 is 36.7 Å². The highest BCUT2D eigenvalue weighted by molar-refractivity contribution is 5.73. The van der Waals surface area contributed by atoms with E-state index in [1.807, 2.05) is 0 Å². The molecule has 0 aliphatic carbocycles. The SMILES string of the molecule is Nc1cccc(OC2OC(C(=O)O)C(O)C(O)C2O)c1. The second kappa shape index (κ2) is 5.63. The van der Waals surface area contributed by atoms with Crippen molar-refractivity contribution in [2.75, 3.05) is 5.73 Å². The van der Waals surface area contributed by atoms with Gasteiger partial charge >= 0.3 is 5.97 Å². The van der Waals surface area contributed by atoms with Gasteiger partial charge in [0.05, 0.1) is 0 Å². The molecule has 1 heterocycles. The summed E-state index contributed by atoms with van der Waals surface area (Å²) in [4.78, 5) is 10.9. The van der Waals surface area contributed by atoms with Crippen molar-refractivity contribution in [3.8, 4) is 5.75 Å². The normalized spacial score (nSPS) is 33.6. The van der Waals surface area contributed by atoms with E-state index in [1.54, 1.807) is 12.1 Å². The Hall–Kier alpha value is -1.87. The van der Waals surface area contributed by atoms with Crippen LogP contribution in [0.15, 0.2) is 24.3 Å². The van der Waals surface area contributed by atoms with Gasteiger partial charge in [-0.05, 0) is 12.1 Å². The third kappa shape index (κ3) is 2.83. The van der Waals surface area contributed by atoms with Crippen LogP contribution in [-0.4, -0.2) is 57.1 Å². The molecule has 2 rings (SSSR count). The first kappa shape index (κ1) is 14.5. The number of nitrogen functional groups attached to an aromatic ring is 1. The van der Waals surface area contributed by atoms with Gasteiger partial charge in [0.1, 0.15) is 24.1 Å². The quantitative estimate of drug-likeness (QED) is 0.424. The minimum Gasteiger partial charge on any atom is -0.479 e. The van der Waals surface area contributed by atoms with Gasteiger partial charge in [-0.1, -0.05) is 6.07 Å². The predicted molar refractivity (Wildman–Crippen MR) is 65.8 cm³/mol. The number of nitrogens with two attached hydrogens (primary N) is 1. The molecule has 0 amide bonds. The number of hydrogen-bond donors (Lipinski definition) is 5. The van der Waals surface area contributed by atoms with Crippen LogP contribution in [0.1, 0.15) is 0 Å². The van der Waals surface area contributed by atoms with Crippen molar-refractivity contribution in [2.45, 2.75) is 30.7 Å². The van der Waals surface area contributed by atoms with E-state index >= 15 is 0 Å². The number of aliphatic hydroxyl groups is 3. The maximum absolute atomic E-state index is 10.9. The lowest BCUT2D eigenvalue weighted by atomic mass is 9.99. The molecule has 1 fully saturated rings. The Balaban J connectivity index is 2.16. The summed E-state index contributed by atoms with van der Waals surface area (Å²) in [5.74, 6) is -1.23. The van der Waals surface area contributed by atoms with Crippen molar-refractivity contribution in [2.24, 2.45) is 0 Å². The molecule has 5 unspecified atom stereocenters. The van der Waals surface area contributed by atoms with E-state index in [2.05, 4.69) is 0 Å². The van der Waals surface area contributed by atoms with E-state index in [0.717, 1.165) is 0 Å². The fourth-order valence-corrected chi connectivity index (χ4v) is 1.87. The highest BCUT2D eigenvalue weighted by Gasteiger charge is 2.48. The first-order valence-electron chi connectivity index (χ1n) is 5.85. The van der Waals surface area contributed by atoms with Crippen LogP contribution in [0.2, 0.25) is 0 Å². The lowest BCUT2D eigenvalue weighted by Crippen LogP contribution is -2.61. The second-order valence-corrected chi connectivity index (χ2v) is 4.43. The Bertz CT molecular complexity index is 494. The largest absolute Gasteiger partial charge is 0.479 e. The summed E-state index contributed by atoms with van der Waals surface area (Å²) < 4.78 is 10.2. The molecule has 5 atom stereocenters. The van der Waals surface area contributed by atoms with Gasteiger partial charge in [0, 0.05) is 11.8 Å². The standard InChI is InChI=1S/C12H15NO7/c13-5-2-1-3-6(4-5)19-12-9(16)7(14)8(15)10(20-12)11(17)18/h1-4,7-10,12,14-16H,13H2,(H,17,18). The van der Waals surface area contributed by atoms with Gasteiger partial charge in [0.15, 0.2) is 6.10 Å². The van der Waals surface area contributed by atoms with Crippen LogP contribution < -0.4 is 10.5 Å². The number of aliphatic carboxylic acids is 1. The summed E-state index contributed by atoms with van der Waals surface area (Å²) in [5.41, 5.74) is 5.96. The molecule has 1 saturated heterocycles. The Morgan fingerprint density at radius 3 is 2.50 bits per heavy atom. The number of hydrogen-bond acceptors (Lipinski definition) is 7. The van der Waals surface area contributed by atoms with Gasteiger partial charge in [0.2, 0.25) is 6.29 Å².